The maximum atomic E-state index is 11.2. The minimum absolute atomic E-state index is 0.262. The van der Waals surface area contributed by atoms with Gasteiger partial charge >= 0.3 is 0 Å². The van der Waals surface area contributed by atoms with Crippen molar-refractivity contribution < 1.29 is 4.21 Å². The van der Waals surface area contributed by atoms with Crippen molar-refractivity contribution in [3.8, 4) is 0 Å². The van der Waals surface area contributed by atoms with Gasteiger partial charge in [-0.05, 0) is 19.3 Å². The molecule has 0 aromatic carbocycles. The van der Waals surface area contributed by atoms with E-state index in [9.17, 15) is 4.21 Å². The molecule has 0 aliphatic heterocycles. The zero-order chi connectivity index (χ0) is 6.91. The first-order valence-corrected chi connectivity index (χ1v) is 5.21. The van der Waals surface area contributed by atoms with Crippen LogP contribution in [0.25, 0.3) is 0 Å². The van der Waals surface area contributed by atoms with E-state index in [1.54, 1.807) is 0 Å². The standard InChI is InChI=1S/C6H13NOS/c1-2-5-9(7,8)6-3-4-6/h6-7H,2-5H2,1H3/t9-/m0/s1. The highest BCUT2D eigenvalue weighted by molar-refractivity contribution is 7.93. The van der Waals surface area contributed by atoms with Gasteiger partial charge in [0.1, 0.15) is 0 Å². The van der Waals surface area contributed by atoms with Gasteiger partial charge in [0, 0.05) is 20.7 Å². The summed E-state index contributed by atoms with van der Waals surface area (Å²) in [6.07, 6.45) is 2.95. The molecule has 0 unspecified atom stereocenters. The molecule has 0 amide bonds. The van der Waals surface area contributed by atoms with Gasteiger partial charge in [0.2, 0.25) is 0 Å². The Morgan fingerprint density at radius 1 is 1.67 bits per heavy atom. The van der Waals surface area contributed by atoms with Crippen LogP contribution in [0.4, 0.5) is 0 Å². The van der Waals surface area contributed by atoms with Crippen LogP contribution in [0, 0.1) is 4.78 Å². The molecule has 1 aliphatic rings. The largest absolute Gasteiger partial charge is 0.253 e. The van der Waals surface area contributed by atoms with Crippen LogP contribution in [0.3, 0.4) is 0 Å². The van der Waals surface area contributed by atoms with E-state index < -0.39 is 9.73 Å². The van der Waals surface area contributed by atoms with Crippen LogP contribution in [0.1, 0.15) is 26.2 Å². The predicted octanol–water partition coefficient (Wildman–Crippen LogP) is 1.61. The van der Waals surface area contributed by atoms with Crippen molar-refractivity contribution in [2.75, 3.05) is 5.75 Å². The lowest BCUT2D eigenvalue weighted by Crippen LogP contribution is -2.08. The SMILES string of the molecule is CCC[S@](=N)(=O)C1CC1. The summed E-state index contributed by atoms with van der Waals surface area (Å²) in [5.41, 5.74) is 0. The topological polar surface area (TPSA) is 40.9 Å². The Bertz CT molecular complexity index is 179. The van der Waals surface area contributed by atoms with E-state index in [1.807, 2.05) is 6.92 Å². The van der Waals surface area contributed by atoms with Gasteiger partial charge in [0.25, 0.3) is 0 Å². The highest BCUT2D eigenvalue weighted by atomic mass is 32.2. The van der Waals surface area contributed by atoms with Crippen LogP contribution in [0.5, 0.6) is 0 Å². The zero-order valence-corrected chi connectivity index (χ0v) is 6.54. The third-order valence-corrected chi connectivity index (χ3v) is 4.13. The van der Waals surface area contributed by atoms with E-state index in [0.29, 0.717) is 5.75 Å². The molecular weight excluding hydrogens is 134 g/mol. The Morgan fingerprint density at radius 2 is 2.22 bits per heavy atom. The summed E-state index contributed by atoms with van der Waals surface area (Å²) in [6.45, 7) is 1.98. The van der Waals surface area contributed by atoms with Crippen LogP contribution in [-0.4, -0.2) is 15.2 Å². The molecule has 0 aromatic heterocycles. The van der Waals surface area contributed by atoms with Gasteiger partial charge in [-0.15, -0.1) is 0 Å². The molecular formula is C6H13NOS. The smallest absolute Gasteiger partial charge is 0.0470 e. The number of nitrogens with one attached hydrogen (secondary N) is 1. The van der Waals surface area contributed by atoms with Crippen molar-refractivity contribution in [2.45, 2.75) is 31.4 Å². The monoisotopic (exact) mass is 147 g/mol. The summed E-state index contributed by atoms with van der Waals surface area (Å²) < 4.78 is 18.6. The van der Waals surface area contributed by atoms with Crippen molar-refractivity contribution >= 4 is 9.73 Å². The van der Waals surface area contributed by atoms with E-state index in [1.165, 1.54) is 0 Å². The molecule has 0 radical (unpaired) electrons. The molecule has 0 heterocycles. The second-order valence-corrected chi connectivity index (χ2v) is 5.16. The van der Waals surface area contributed by atoms with Gasteiger partial charge in [-0.2, -0.15) is 0 Å². The van der Waals surface area contributed by atoms with Gasteiger partial charge < -0.3 is 0 Å². The van der Waals surface area contributed by atoms with Crippen molar-refractivity contribution in [3.05, 3.63) is 0 Å². The van der Waals surface area contributed by atoms with Crippen LogP contribution in [0.15, 0.2) is 0 Å². The molecule has 0 spiro atoms. The first-order valence-electron chi connectivity index (χ1n) is 3.42. The molecule has 0 bridgehead atoms. The maximum absolute atomic E-state index is 11.2. The quantitative estimate of drug-likeness (QED) is 0.647. The third-order valence-electron chi connectivity index (χ3n) is 1.57. The van der Waals surface area contributed by atoms with E-state index in [-0.39, 0.29) is 5.25 Å². The molecule has 1 aliphatic carbocycles. The molecule has 1 fully saturated rings. The molecule has 1 N–H and O–H groups in total. The number of hydrogen-bond donors (Lipinski definition) is 1. The minimum atomic E-state index is -2.14. The Kier molecular flexibility index (Phi) is 1.80. The second kappa shape index (κ2) is 2.29. The van der Waals surface area contributed by atoms with E-state index in [4.69, 9.17) is 4.78 Å². The van der Waals surface area contributed by atoms with Crippen LogP contribution >= 0.6 is 0 Å². The van der Waals surface area contributed by atoms with Gasteiger partial charge in [0.15, 0.2) is 0 Å². The minimum Gasteiger partial charge on any atom is -0.253 e. The Labute approximate surface area is 56.6 Å². The fraction of sp³-hybridized carbons (Fsp3) is 1.00. The van der Waals surface area contributed by atoms with Crippen molar-refractivity contribution in [2.24, 2.45) is 0 Å². The Balaban J connectivity index is 2.51. The lowest BCUT2D eigenvalue weighted by atomic mass is 10.6. The molecule has 54 valence electrons. The van der Waals surface area contributed by atoms with Crippen LogP contribution in [-0.2, 0) is 9.73 Å². The molecule has 2 nitrogen and oxygen atoms in total. The molecule has 1 rings (SSSR count). The summed E-state index contributed by atoms with van der Waals surface area (Å²) in [4.78, 5) is 0. The van der Waals surface area contributed by atoms with Crippen molar-refractivity contribution in [3.63, 3.8) is 0 Å². The van der Waals surface area contributed by atoms with E-state index in [0.717, 1.165) is 19.3 Å². The van der Waals surface area contributed by atoms with Crippen molar-refractivity contribution in [1.82, 2.24) is 0 Å². The molecule has 0 saturated heterocycles. The van der Waals surface area contributed by atoms with Gasteiger partial charge in [-0.25, -0.2) is 4.21 Å². The highest BCUT2D eigenvalue weighted by Gasteiger charge is 2.31. The Morgan fingerprint density at radius 3 is 2.56 bits per heavy atom. The summed E-state index contributed by atoms with van der Waals surface area (Å²) in [5, 5.41) is 0.262. The fourth-order valence-electron chi connectivity index (χ4n) is 0.919. The summed E-state index contributed by atoms with van der Waals surface area (Å²) in [6, 6.07) is 0. The molecule has 1 saturated carbocycles. The molecule has 1 atom stereocenters. The second-order valence-electron chi connectivity index (χ2n) is 2.63. The summed E-state index contributed by atoms with van der Waals surface area (Å²) in [7, 11) is -2.14. The van der Waals surface area contributed by atoms with E-state index >= 15 is 0 Å². The van der Waals surface area contributed by atoms with Crippen LogP contribution < -0.4 is 0 Å². The lowest BCUT2D eigenvalue weighted by molar-refractivity contribution is 0.672. The number of rotatable bonds is 3. The average molecular weight is 147 g/mol. The van der Waals surface area contributed by atoms with Gasteiger partial charge in [0.05, 0.1) is 0 Å². The van der Waals surface area contributed by atoms with Crippen LogP contribution in [0.2, 0.25) is 0 Å². The van der Waals surface area contributed by atoms with Crippen molar-refractivity contribution in [1.29, 1.82) is 4.78 Å². The van der Waals surface area contributed by atoms with Gasteiger partial charge in [-0.3, -0.25) is 4.78 Å². The molecule has 0 aromatic rings. The molecule has 9 heavy (non-hydrogen) atoms. The first-order chi connectivity index (χ1) is 4.17. The lowest BCUT2D eigenvalue weighted by Gasteiger charge is -2.00. The summed E-state index contributed by atoms with van der Waals surface area (Å²) >= 11 is 0. The Hall–Kier alpha value is -0.0500. The molecule has 3 heteroatoms. The number of hydrogen-bond acceptors (Lipinski definition) is 2. The summed E-state index contributed by atoms with van der Waals surface area (Å²) in [5.74, 6) is 0.609. The first kappa shape index (κ1) is 7.06. The zero-order valence-electron chi connectivity index (χ0n) is 5.72. The fourth-order valence-corrected chi connectivity index (χ4v) is 2.76. The highest BCUT2D eigenvalue weighted by Crippen LogP contribution is 2.29. The third kappa shape index (κ3) is 1.68. The maximum Gasteiger partial charge on any atom is 0.0470 e. The van der Waals surface area contributed by atoms with E-state index in [2.05, 4.69) is 0 Å². The predicted molar refractivity (Wildman–Crippen MR) is 39.0 cm³/mol. The normalized spacial score (nSPS) is 25.4. The van der Waals surface area contributed by atoms with Gasteiger partial charge in [-0.1, -0.05) is 6.92 Å². The average Bonchev–Trinajstić information content (AvgIpc) is 2.41.